The summed E-state index contributed by atoms with van der Waals surface area (Å²) in [5, 5.41) is 0. The van der Waals surface area contributed by atoms with E-state index >= 15 is 0 Å². The summed E-state index contributed by atoms with van der Waals surface area (Å²) >= 11 is 0. The molecule has 0 aliphatic carbocycles. The fourth-order valence-electron chi connectivity index (χ4n) is 2.37. The Morgan fingerprint density at radius 2 is 2.00 bits per heavy atom. The highest BCUT2D eigenvalue weighted by Crippen LogP contribution is 2.15. The highest BCUT2D eigenvalue weighted by molar-refractivity contribution is 5.94. The topological polar surface area (TPSA) is 49.6 Å². The van der Waals surface area contributed by atoms with Gasteiger partial charge in [-0.25, -0.2) is 4.39 Å². The van der Waals surface area contributed by atoms with Crippen LogP contribution in [0.3, 0.4) is 0 Å². The summed E-state index contributed by atoms with van der Waals surface area (Å²) in [6, 6.07) is 4.22. The average molecular weight is 265 g/mol. The van der Waals surface area contributed by atoms with Gasteiger partial charge in [0.25, 0.3) is 5.91 Å². The van der Waals surface area contributed by atoms with E-state index < -0.39 is 5.82 Å². The maximum atomic E-state index is 13.7. The van der Waals surface area contributed by atoms with E-state index in [-0.39, 0.29) is 11.5 Å². The number of hydrogen-bond acceptors (Lipinski definition) is 3. The number of piperazine rings is 1. The number of amides is 1. The van der Waals surface area contributed by atoms with Crippen LogP contribution in [0.4, 0.5) is 10.1 Å². The molecule has 5 heteroatoms. The normalized spacial score (nSPS) is 16.6. The van der Waals surface area contributed by atoms with Gasteiger partial charge in [0.1, 0.15) is 5.82 Å². The van der Waals surface area contributed by atoms with E-state index in [1.807, 2.05) is 0 Å². The van der Waals surface area contributed by atoms with Gasteiger partial charge < -0.3 is 10.6 Å². The SMILES string of the molecule is CCCN1CCN(C(=O)c2ccc(N)cc2F)CC1. The van der Waals surface area contributed by atoms with Crippen molar-refractivity contribution in [2.45, 2.75) is 13.3 Å². The van der Waals surface area contributed by atoms with Gasteiger partial charge in [0.15, 0.2) is 0 Å². The van der Waals surface area contributed by atoms with E-state index in [0.717, 1.165) is 26.1 Å². The smallest absolute Gasteiger partial charge is 0.256 e. The van der Waals surface area contributed by atoms with Crippen LogP contribution in [0.25, 0.3) is 0 Å². The van der Waals surface area contributed by atoms with Gasteiger partial charge in [-0.3, -0.25) is 9.69 Å². The molecule has 0 radical (unpaired) electrons. The minimum Gasteiger partial charge on any atom is -0.399 e. The molecular formula is C14H20FN3O. The molecule has 0 spiro atoms. The Morgan fingerprint density at radius 3 is 2.58 bits per heavy atom. The van der Waals surface area contributed by atoms with Crippen LogP contribution in [0, 0.1) is 5.82 Å². The molecule has 1 saturated heterocycles. The second-order valence-corrected chi connectivity index (χ2v) is 4.87. The van der Waals surface area contributed by atoms with Gasteiger partial charge in [-0.1, -0.05) is 6.92 Å². The number of halogens is 1. The van der Waals surface area contributed by atoms with Crippen molar-refractivity contribution in [3.05, 3.63) is 29.6 Å². The summed E-state index contributed by atoms with van der Waals surface area (Å²) in [7, 11) is 0. The Morgan fingerprint density at radius 1 is 1.32 bits per heavy atom. The Labute approximate surface area is 113 Å². The van der Waals surface area contributed by atoms with Gasteiger partial charge in [-0.15, -0.1) is 0 Å². The van der Waals surface area contributed by atoms with E-state index in [2.05, 4.69) is 11.8 Å². The molecule has 2 rings (SSSR count). The third-order valence-corrected chi connectivity index (χ3v) is 3.42. The standard InChI is InChI=1S/C14H20FN3O/c1-2-5-17-6-8-18(9-7-17)14(19)12-4-3-11(16)10-13(12)15/h3-4,10H,2,5-9,16H2,1H3. The average Bonchev–Trinajstić information content (AvgIpc) is 2.39. The van der Waals surface area contributed by atoms with Gasteiger partial charge >= 0.3 is 0 Å². The summed E-state index contributed by atoms with van der Waals surface area (Å²) < 4.78 is 13.7. The van der Waals surface area contributed by atoms with E-state index in [9.17, 15) is 9.18 Å². The summed E-state index contributed by atoms with van der Waals surface area (Å²) in [5.41, 5.74) is 5.93. The quantitative estimate of drug-likeness (QED) is 0.844. The van der Waals surface area contributed by atoms with Crippen molar-refractivity contribution in [1.82, 2.24) is 9.80 Å². The van der Waals surface area contributed by atoms with Crippen LogP contribution in [-0.2, 0) is 0 Å². The van der Waals surface area contributed by atoms with E-state index in [1.165, 1.54) is 12.1 Å². The van der Waals surface area contributed by atoms with Crippen molar-refractivity contribution in [3.63, 3.8) is 0 Å². The number of benzene rings is 1. The summed E-state index contributed by atoms with van der Waals surface area (Å²) in [4.78, 5) is 16.3. The van der Waals surface area contributed by atoms with Gasteiger partial charge in [-0.05, 0) is 31.2 Å². The van der Waals surface area contributed by atoms with Crippen LogP contribution in [0.1, 0.15) is 23.7 Å². The predicted molar refractivity (Wildman–Crippen MR) is 73.4 cm³/mol. The van der Waals surface area contributed by atoms with Gasteiger partial charge in [-0.2, -0.15) is 0 Å². The number of nitrogens with zero attached hydrogens (tertiary/aromatic N) is 2. The first-order chi connectivity index (χ1) is 9.11. The highest BCUT2D eigenvalue weighted by atomic mass is 19.1. The fourth-order valence-corrected chi connectivity index (χ4v) is 2.37. The van der Waals surface area contributed by atoms with Gasteiger partial charge in [0.2, 0.25) is 0 Å². The van der Waals surface area contributed by atoms with Crippen molar-refractivity contribution in [1.29, 1.82) is 0 Å². The number of hydrogen-bond donors (Lipinski definition) is 1. The van der Waals surface area contributed by atoms with Crippen molar-refractivity contribution < 1.29 is 9.18 Å². The zero-order valence-corrected chi connectivity index (χ0v) is 11.2. The Balaban J connectivity index is 2.01. The second-order valence-electron chi connectivity index (χ2n) is 4.87. The molecule has 0 aromatic heterocycles. The zero-order chi connectivity index (χ0) is 13.8. The van der Waals surface area contributed by atoms with Crippen molar-refractivity contribution >= 4 is 11.6 Å². The molecular weight excluding hydrogens is 245 g/mol. The third-order valence-electron chi connectivity index (χ3n) is 3.42. The first kappa shape index (κ1) is 13.8. The van der Waals surface area contributed by atoms with Gasteiger partial charge in [0.05, 0.1) is 5.56 Å². The monoisotopic (exact) mass is 265 g/mol. The Bertz CT molecular complexity index is 456. The number of carbonyl (C=O) groups excluding carboxylic acids is 1. The molecule has 1 fully saturated rings. The van der Waals surface area contributed by atoms with Crippen LogP contribution < -0.4 is 5.73 Å². The molecule has 19 heavy (non-hydrogen) atoms. The number of nitrogen functional groups attached to an aromatic ring is 1. The molecule has 0 unspecified atom stereocenters. The molecule has 0 atom stereocenters. The number of anilines is 1. The molecule has 2 N–H and O–H groups in total. The lowest BCUT2D eigenvalue weighted by Crippen LogP contribution is -2.48. The zero-order valence-electron chi connectivity index (χ0n) is 11.2. The molecule has 1 aliphatic rings. The fraction of sp³-hybridized carbons (Fsp3) is 0.500. The van der Waals surface area contributed by atoms with Crippen molar-refractivity contribution in [2.75, 3.05) is 38.5 Å². The third kappa shape index (κ3) is 3.23. The van der Waals surface area contributed by atoms with Crippen molar-refractivity contribution in [2.24, 2.45) is 0 Å². The molecule has 0 saturated carbocycles. The maximum absolute atomic E-state index is 13.7. The summed E-state index contributed by atoms with van der Waals surface area (Å²) in [6.07, 6.45) is 1.11. The molecule has 104 valence electrons. The van der Waals surface area contributed by atoms with Crippen LogP contribution in [-0.4, -0.2) is 48.4 Å². The molecule has 1 aliphatic heterocycles. The van der Waals surface area contributed by atoms with E-state index in [4.69, 9.17) is 5.73 Å². The minimum atomic E-state index is -0.541. The highest BCUT2D eigenvalue weighted by Gasteiger charge is 2.23. The lowest BCUT2D eigenvalue weighted by atomic mass is 10.1. The summed E-state index contributed by atoms with van der Waals surface area (Å²) in [6.45, 7) is 6.22. The molecule has 1 amide bonds. The minimum absolute atomic E-state index is 0.109. The lowest BCUT2D eigenvalue weighted by Gasteiger charge is -2.34. The summed E-state index contributed by atoms with van der Waals surface area (Å²) in [5.74, 6) is -0.783. The van der Waals surface area contributed by atoms with E-state index in [0.29, 0.717) is 18.8 Å². The van der Waals surface area contributed by atoms with Crippen LogP contribution >= 0.6 is 0 Å². The molecule has 0 bridgehead atoms. The lowest BCUT2D eigenvalue weighted by molar-refractivity contribution is 0.0633. The maximum Gasteiger partial charge on any atom is 0.256 e. The first-order valence-corrected chi connectivity index (χ1v) is 6.68. The first-order valence-electron chi connectivity index (χ1n) is 6.68. The van der Waals surface area contributed by atoms with Crippen LogP contribution in [0.5, 0.6) is 0 Å². The number of rotatable bonds is 3. The van der Waals surface area contributed by atoms with Crippen molar-refractivity contribution in [3.8, 4) is 0 Å². The van der Waals surface area contributed by atoms with E-state index in [1.54, 1.807) is 11.0 Å². The second kappa shape index (κ2) is 6.02. The Kier molecular flexibility index (Phi) is 4.37. The molecule has 4 nitrogen and oxygen atoms in total. The van der Waals surface area contributed by atoms with Gasteiger partial charge in [0, 0.05) is 31.9 Å². The Hall–Kier alpha value is -1.62. The van der Waals surface area contributed by atoms with Crippen LogP contribution in [0.15, 0.2) is 18.2 Å². The number of nitrogens with two attached hydrogens (primary N) is 1. The molecule has 1 aromatic rings. The van der Waals surface area contributed by atoms with Crippen LogP contribution in [0.2, 0.25) is 0 Å². The molecule has 1 heterocycles. The molecule has 1 aromatic carbocycles. The largest absolute Gasteiger partial charge is 0.399 e. The number of carbonyl (C=O) groups is 1. The predicted octanol–water partition coefficient (Wildman–Crippen LogP) is 1.58.